The Morgan fingerprint density at radius 1 is 0.719 bits per heavy atom. The van der Waals surface area contributed by atoms with Gasteiger partial charge in [0.2, 0.25) is 11.8 Å². The third-order valence-electron chi connectivity index (χ3n) is 12.8. The van der Waals surface area contributed by atoms with Crippen LogP contribution in [-0.2, 0) is 9.59 Å². The lowest BCUT2D eigenvalue weighted by Crippen LogP contribution is -2.54. The Balaban J connectivity index is 0.743. The van der Waals surface area contributed by atoms with Gasteiger partial charge in [0, 0.05) is 77.2 Å². The molecule has 0 saturated carbocycles. The van der Waals surface area contributed by atoms with Crippen molar-refractivity contribution in [3.8, 4) is 6.07 Å². The summed E-state index contributed by atoms with van der Waals surface area (Å²) in [7, 11) is 0. The highest BCUT2D eigenvalue weighted by atomic mass is 19.1. The molecular formula is C43H44F2N8O4. The Labute approximate surface area is 329 Å². The number of piperidine rings is 3. The topological polar surface area (TPSA) is 136 Å². The summed E-state index contributed by atoms with van der Waals surface area (Å²) in [6.07, 6.45) is 5.83. The van der Waals surface area contributed by atoms with Crippen molar-refractivity contribution >= 4 is 51.6 Å². The summed E-state index contributed by atoms with van der Waals surface area (Å²) < 4.78 is 30.0. The fraction of sp³-hybridized carbons (Fsp3) is 0.419. The van der Waals surface area contributed by atoms with E-state index in [-0.39, 0.29) is 35.5 Å². The second kappa shape index (κ2) is 14.9. The zero-order chi connectivity index (χ0) is 39.4. The molecular weight excluding hydrogens is 731 g/mol. The predicted molar refractivity (Wildman–Crippen MR) is 210 cm³/mol. The highest BCUT2D eigenvalue weighted by Gasteiger charge is 2.45. The smallest absolute Gasteiger partial charge is 0.262 e. The predicted octanol–water partition coefficient (Wildman–Crippen LogP) is 5.14. The van der Waals surface area contributed by atoms with Gasteiger partial charge in [0.05, 0.1) is 39.0 Å². The van der Waals surface area contributed by atoms with Crippen LogP contribution in [0.15, 0.2) is 54.7 Å². The molecule has 14 heteroatoms. The number of fused-ring (bicyclic) bond motifs is 2. The molecule has 57 heavy (non-hydrogen) atoms. The lowest BCUT2D eigenvalue weighted by Gasteiger charge is -2.40. The van der Waals surface area contributed by atoms with Gasteiger partial charge >= 0.3 is 0 Å². The minimum atomic E-state index is -1.09. The molecule has 6 heterocycles. The number of anilines is 3. The summed E-state index contributed by atoms with van der Waals surface area (Å²) in [6.45, 7) is 7.37. The van der Waals surface area contributed by atoms with Gasteiger partial charge in [-0.1, -0.05) is 12.1 Å². The molecule has 5 aliphatic rings. The first kappa shape index (κ1) is 36.8. The van der Waals surface area contributed by atoms with Crippen LogP contribution in [0.2, 0.25) is 0 Å². The van der Waals surface area contributed by atoms with Gasteiger partial charge in [-0.15, -0.1) is 0 Å². The molecule has 1 atom stereocenters. The van der Waals surface area contributed by atoms with Gasteiger partial charge in [0.15, 0.2) is 0 Å². The van der Waals surface area contributed by atoms with Crippen LogP contribution in [0.3, 0.4) is 0 Å². The van der Waals surface area contributed by atoms with Crippen molar-refractivity contribution in [2.24, 2.45) is 5.92 Å². The summed E-state index contributed by atoms with van der Waals surface area (Å²) >= 11 is 0. The SMILES string of the molecule is N#Cc1c[nH]c2c(N3CCC(c4ccc(N5CCC(CN6CCN(c7cc8c(cc7F)C(=O)N(C7CCC(=O)NC7=O)C8=O)CC6)CC5)cc4)CC3)ccc(F)c12. The molecule has 4 fully saturated rings. The van der Waals surface area contributed by atoms with E-state index in [9.17, 15) is 28.8 Å². The molecule has 1 aromatic heterocycles. The van der Waals surface area contributed by atoms with Gasteiger partial charge in [-0.3, -0.25) is 34.3 Å². The molecule has 9 rings (SSSR count). The quantitative estimate of drug-likeness (QED) is 0.245. The largest absolute Gasteiger partial charge is 0.372 e. The lowest BCUT2D eigenvalue weighted by molar-refractivity contribution is -0.136. The number of nitrogens with one attached hydrogen (secondary N) is 2. The van der Waals surface area contributed by atoms with Crippen molar-refractivity contribution in [3.05, 3.63) is 88.6 Å². The Morgan fingerprint density at radius 3 is 2.07 bits per heavy atom. The van der Waals surface area contributed by atoms with Crippen molar-refractivity contribution in [2.45, 2.75) is 50.5 Å². The number of imide groups is 2. The molecule has 4 amide bonds. The highest BCUT2D eigenvalue weighted by Crippen LogP contribution is 2.37. The molecule has 0 bridgehead atoms. The van der Waals surface area contributed by atoms with Crippen LogP contribution in [0.4, 0.5) is 25.8 Å². The van der Waals surface area contributed by atoms with Gasteiger partial charge in [-0.05, 0) is 85.9 Å². The van der Waals surface area contributed by atoms with Crippen LogP contribution in [0.1, 0.15) is 76.3 Å². The van der Waals surface area contributed by atoms with Crippen LogP contribution in [0.5, 0.6) is 0 Å². The van der Waals surface area contributed by atoms with E-state index in [4.69, 9.17) is 0 Å². The van der Waals surface area contributed by atoms with Crippen molar-refractivity contribution in [1.29, 1.82) is 5.26 Å². The molecule has 0 aliphatic carbocycles. The van der Waals surface area contributed by atoms with Gasteiger partial charge < -0.3 is 19.7 Å². The van der Waals surface area contributed by atoms with Crippen LogP contribution in [0.25, 0.3) is 10.9 Å². The number of H-pyrrole nitrogens is 1. The standard InChI is InChI=1S/C43H44F2N8O4/c44-33-5-6-35(40-39(33)29(23-46)24-47-40)51-15-11-28(12-16-51)27-1-3-30(4-2-27)50-13-9-26(10-14-50)25-49-17-19-52(20-18-49)37-22-32-31(21-34(37)45)42(56)53(43(32)57)36-7-8-38(54)48-41(36)55/h1-6,21-22,24,26,28,36,47H,7-20,25H2,(H,48,54,55). The van der Waals surface area contributed by atoms with Crippen LogP contribution >= 0.6 is 0 Å². The number of amides is 4. The minimum Gasteiger partial charge on any atom is -0.372 e. The van der Waals surface area contributed by atoms with Crippen LogP contribution < -0.4 is 20.0 Å². The Hall–Kier alpha value is -5.81. The number of hydrogen-bond acceptors (Lipinski definition) is 9. The van der Waals surface area contributed by atoms with Crippen molar-refractivity contribution in [3.63, 3.8) is 0 Å². The van der Waals surface area contributed by atoms with E-state index in [0.717, 1.165) is 88.2 Å². The fourth-order valence-electron chi connectivity index (χ4n) is 9.59. The van der Waals surface area contributed by atoms with E-state index in [2.05, 4.69) is 55.3 Å². The highest BCUT2D eigenvalue weighted by molar-refractivity contribution is 6.23. The molecule has 294 valence electrons. The van der Waals surface area contributed by atoms with Crippen LogP contribution in [-0.4, -0.2) is 103 Å². The fourth-order valence-corrected chi connectivity index (χ4v) is 9.59. The number of carbonyl (C=O) groups is 4. The van der Waals surface area contributed by atoms with Gasteiger partial charge in [-0.2, -0.15) is 5.26 Å². The summed E-state index contributed by atoms with van der Waals surface area (Å²) in [4.78, 5) is 63.6. The maximum Gasteiger partial charge on any atom is 0.262 e. The average Bonchev–Trinajstić information content (AvgIpc) is 3.77. The molecule has 1 unspecified atom stereocenters. The van der Waals surface area contributed by atoms with Crippen molar-refractivity contribution in [2.75, 3.05) is 73.6 Å². The van der Waals surface area contributed by atoms with E-state index in [1.165, 1.54) is 23.4 Å². The maximum absolute atomic E-state index is 15.4. The summed E-state index contributed by atoms with van der Waals surface area (Å²) in [6, 6.07) is 15.9. The normalized spacial score (nSPS) is 21.4. The average molecular weight is 775 g/mol. The number of aromatic amines is 1. The van der Waals surface area contributed by atoms with Crippen molar-refractivity contribution in [1.82, 2.24) is 20.1 Å². The Kier molecular flexibility index (Phi) is 9.64. The number of rotatable bonds is 7. The molecule has 3 aromatic carbocycles. The minimum absolute atomic E-state index is 0.0245. The molecule has 4 aromatic rings. The van der Waals surface area contributed by atoms with E-state index in [0.29, 0.717) is 41.4 Å². The maximum atomic E-state index is 15.4. The first-order valence-electron chi connectivity index (χ1n) is 20.0. The number of benzene rings is 3. The van der Waals surface area contributed by atoms with Gasteiger partial charge in [0.25, 0.3) is 11.8 Å². The molecule has 5 aliphatic heterocycles. The van der Waals surface area contributed by atoms with E-state index in [1.54, 1.807) is 6.20 Å². The Bertz CT molecular complexity index is 2300. The summed E-state index contributed by atoms with van der Waals surface area (Å²) in [5.74, 6) is -2.41. The van der Waals surface area contributed by atoms with Crippen molar-refractivity contribution < 1.29 is 28.0 Å². The van der Waals surface area contributed by atoms with Gasteiger partial charge in [0.1, 0.15) is 23.7 Å². The molecule has 0 spiro atoms. The molecule has 12 nitrogen and oxygen atoms in total. The number of piperazine rings is 1. The molecule has 2 N–H and O–H groups in total. The first-order valence-corrected chi connectivity index (χ1v) is 20.0. The number of nitriles is 1. The zero-order valence-corrected chi connectivity index (χ0v) is 31.6. The number of halogens is 2. The van der Waals surface area contributed by atoms with E-state index in [1.807, 2.05) is 11.0 Å². The number of nitrogens with zero attached hydrogens (tertiary/aromatic N) is 6. The second-order valence-electron chi connectivity index (χ2n) is 16.0. The molecule has 0 radical (unpaired) electrons. The number of aromatic nitrogens is 1. The second-order valence-corrected chi connectivity index (χ2v) is 16.0. The Morgan fingerprint density at radius 2 is 1.39 bits per heavy atom. The first-order chi connectivity index (χ1) is 27.7. The molecule has 4 saturated heterocycles. The van der Waals surface area contributed by atoms with Gasteiger partial charge in [-0.25, -0.2) is 8.78 Å². The third kappa shape index (κ3) is 6.77. The third-order valence-corrected chi connectivity index (χ3v) is 12.8. The number of carbonyl (C=O) groups excluding carboxylic acids is 4. The van der Waals surface area contributed by atoms with E-state index >= 15 is 4.39 Å². The monoisotopic (exact) mass is 774 g/mol. The summed E-state index contributed by atoms with van der Waals surface area (Å²) in [5, 5.41) is 12.0. The number of hydrogen-bond donors (Lipinski definition) is 2. The van der Waals surface area contributed by atoms with Crippen LogP contribution in [0, 0.1) is 28.9 Å². The lowest BCUT2D eigenvalue weighted by atomic mass is 9.89. The summed E-state index contributed by atoms with van der Waals surface area (Å²) in [5.41, 5.74) is 4.87. The zero-order valence-electron chi connectivity index (χ0n) is 31.6. The van der Waals surface area contributed by atoms with E-state index < -0.39 is 35.5 Å².